The standard InChI is InChI=1S/C16H19N3S/c1-19-12-5-6-14(19)15-13(8-12)18-16(20-15)11-4-2-3-10(7-11)9-17/h2-4,7,12,14H,5-6,8-9,17H2,1H3. The molecule has 1 aromatic heterocycles. The molecule has 20 heavy (non-hydrogen) atoms. The Balaban J connectivity index is 1.75. The minimum Gasteiger partial charge on any atom is -0.326 e. The van der Waals surface area contributed by atoms with Gasteiger partial charge in [0, 0.05) is 35.5 Å². The summed E-state index contributed by atoms with van der Waals surface area (Å²) in [7, 11) is 2.26. The van der Waals surface area contributed by atoms with Crippen LogP contribution in [0, 0.1) is 0 Å². The summed E-state index contributed by atoms with van der Waals surface area (Å²) >= 11 is 1.88. The van der Waals surface area contributed by atoms with Crippen LogP contribution in [-0.2, 0) is 13.0 Å². The fraction of sp³-hybridized carbons (Fsp3) is 0.438. The van der Waals surface area contributed by atoms with Crippen LogP contribution in [0.3, 0.4) is 0 Å². The summed E-state index contributed by atoms with van der Waals surface area (Å²) in [6.45, 7) is 0.590. The second-order valence-electron chi connectivity index (χ2n) is 5.85. The second-order valence-corrected chi connectivity index (χ2v) is 6.88. The zero-order valence-corrected chi connectivity index (χ0v) is 12.5. The molecule has 2 bridgehead atoms. The van der Waals surface area contributed by atoms with Crippen molar-refractivity contribution in [1.82, 2.24) is 9.88 Å². The first-order valence-corrected chi connectivity index (χ1v) is 8.09. The van der Waals surface area contributed by atoms with Gasteiger partial charge in [-0.2, -0.15) is 0 Å². The molecule has 0 radical (unpaired) electrons. The Morgan fingerprint density at radius 1 is 1.40 bits per heavy atom. The van der Waals surface area contributed by atoms with Crippen LogP contribution < -0.4 is 5.73 Å². The summed E-state index contributed by atoms with van der Waals surface area (Å²) in [6, 6.07) is 9.78. The van der Waals surface area contributed by atoms with Crippen LogP contribution in [0.2, 0.25) is 0 Å². The number of hydrogen-bond acceptors (Lipinski definition) is 4. The molecule has 1 fully saturated rings. The SMILES string of the molecule is CN1C2CCC1c1sc(-c3cccc(CN)c3)nc1C2. The second kappa shape index (κ2) is 4.65. The van der Waals surface area contributed by atoms with Gasteiger partial charge in [-0.1, -0.05) is 18.2 Å². The molecule has 0 aliphatic carbocycles. The van der Waals surface area contributed by atoms with Gasteiger partial charge in [-0.15, -0.1) is 11.3 Å². The molecule has 1 aromatic carbocycles. The lowest BCUT2D eigenvalue weighted by Crippen LogP contribution is -2.33. The van der Waals surface area contributed by atoms with Gasteiger partial charge in [0.05, 0.1) is 5.69 Å². The molecule has 0 amide bonds. The summed E-state index contributed by atoms with van der Waals surface area (Å²) in [6.07, 6.45) is 3.73. The van der Waals surface area contributed by atoms with Crippen LogP contribution in [0.5, 0.6) is 0 Å². The molecule has 2 atom stereocenters. The van der Waals surface area contributed by atoms with Crippen LogP contribution in [0.1, 0.15) is 35.0 Å². The molecule has 2 N–H and O–H groups in total. The van der Waals surface area contributed by atoms with E-state index < -0.39 is 0 Å². The van der Waals surface area contributed by atoms with Gasteiger partial charge in [0.25, 0.3) is 0 Å². The predicted molar refractivity (Wildman–Crippen MR) is 82.7 cm³/mol. The van der Waals surface area contributed by atoms with Gasteiger partial charge in [0.2, 0.25) is 0 Å². The lowest BCUT2D eigenvalue weighted by Gasteiger charge is -2.29. The van der Waals surface area contributed by atoms with Crippen molar-refractivity contribution in [2.45, 2.75) is 37.9 Å². The van der Waals surface area contributed by atoms with E-state index in [-0.39, 0.29) is 0 Å². The molecule has 2 unspecified atom stereocenters. The van der Waals surface area contributed by atoms with Crippen LogP contribution in [0.4, 0.5) is 0 Å². The van der Waals surface area contributed by atoms with E-state index in [0.29, 0.717) is 18.6 Å². The molecule has 4 heteroatoms. The summed E-state index contributed by atoms with van der Waals surface area (Å²) in [5.74, 6) is 0. The van der Waals surface area contributed by atoms with Crippen molar-refractivity contribution in [1.29, 1.82) is 0 Å². The first kappa shape index (κ1) is 12.5. The van der Waals surface area contributed by atoms with Gasteiger partial charge < -0.3 is 5.73 Å². The third kappa shape index (κ3) is 1.83. The van der Waals surface area contributed by atoms with Crippen molar-refractivity contribution in [3.63, 3.8) is 0 Å². The molecular formula is C16H19N3S. The highest BCUT2D eigenvalue weighted by Crippen LogP contribution is 2.46. The number of rotatable bonds is 2. The molecule has 3 nitrogen and oxygen atoms in total. The number of nitrogens with two attached hydrogens (primary N) is 1. The Morgan fingerprint density at radius 3 is 3.15 bits per heavy atom. The van der Waals surface area contributed by atoms with E-state index >= 15 is 0 Å². The van der Waals surface area contributed by atoms with Gasteiger partial charge in [-0.25, -0.2) is 4.98 Å². The van der Waals surface area contributed by atoms with E-state index in [1.807, 2.05) is 11.3 Å². The largest absolute Gasteiger partial charge is 0.326 e. The van der Waals surface area contributed by atoms with Crippen LogP contribution in [-0.4, -0.2) is 23.0 Å². The lowest BCUT2D eigenvalue weighted by molar-refractivity contribution is 0.226. The molecule has 0 spiro atoms. The Morgan fingerprint density at radius 2 is 2.30 bits per heavy atom. The van der Waals surface area contributed by atoms with Gasteiger partial charge >= 0.3 is 0 Å². The van der Waals surface area contributed by atoms with Crippen molar-refractivity contribution in [3.05, 3.63) is 40.4 Å². The zero-order chi connectivity index (χ0) is 13.7. The average Bonchev–Trinajstić information content (AvgIpc) is 3.00. The lowest BCUT2D eigenvalue weighted by atomic mass is 10.1. The quantitative estimate of drug-likeness (QED) is 0.922. The first-order valence-electron chi connectivity index (χ1n) is 7.27. The highest BCUT2D eigenvalue weighted by Gasteiger charge is 2.39. The smallest absolute Gasteiger partial charge is 0.123 e. The van der Waals surface area contributed by atoms with E-state index in [9.17, 15) is 0 Å². The molecule has 1 saturated heterocycles. The molecule has 2 aliphatic rings. The van der Waals surface area contributed by atoms with E-state index in [4.69, 9.17) is 10.7 Å². The number of benzene rings is 1. The van der Waals surface area contributed by atoms with Crippen molar-refractivity contribution < 1.29 is 0 Å². The fourth-order valence-corrected chi connectivity index (χ4v) is 4.80. The molecule has 104 valence electrons. The monoisotopic (exact) mass is 285 g/mol. The maximum absolute atomic E-state index is 5.74. The Kier molecular flexibility index (Phi) is 2.91. The highest BCUT2D eigenvalue weighted by atomic mass is 32.1. The topological polar surface area (TPSA) is 42.1 Å². The van der Waals surface area contributed by atoms with Crippen LogP contribution >= 0.6 is 11.3 Å². The third-order valence-electron chi connectivity index (χ3n) is 4.71. The fourth-order valence-electron chi connectivity index (χ4n) is 3.52. The summed E-state index contributed by atoms with van der Waals surface area (Å²) in [5, 5.41) is 1.16. The van der Waals surface area contributed by atoms with Crippen molar-refractivity contribution in [3.8, 4) is 10.6 Å². The number of hydrogen-bond donors (Lipinski definition) is 1. The Labute approximate surface area is 123 Å². The van der Waals surface area contributed by atoms with Crippen LogP contribution in [0.25, 0.3) is 10.6 Å². The van der Waals surface area contributed by atoms with Gasteiger partial charge in [0.15, 0.2) is 0 Å². The van der Waals surface area contributed by atoms with Gasteiger partial charge in [-0.3, -0.25) is 4.90 Å². The maximum atomic E-state index is 5.74. The van der Waals surface area contributed by atoms with Crippen molar-refractivity contribution in [2.24, 2.45) is 5.73 Å². The number of aromatic nitrogens is 1. The van der Waals surface area contributed by atoms with Crippen molar-refractivity contribution in [2.75, 3.05) is 7.05 Å². The molecule has 4 rings (SSSR count). The zero-order valence-electron chi connectivity index (χ0n) is 11.7. The average molecular weight is 285 g/mol. The molecular weight excluding hydrogens is 266 g/mol. The van der Waals surface area contributed by atoms with E-state index in [2.05, 4.69) is 36.2 Å². The van der Waals surface area contributed by atoms with Gasteiger partial charge in [0.1, 0.15) is 5.01 Å². The van der Waals surface area contributed by atoms with E-state index in [0.717, 1.165) is 11.4 Å². The Bertz CT molecular complexity index is 649. The Hall–Kier alpha value is -1.23. The molecule has 3 heterocycles. The van der Waals surface area contributed by atoms with Gasteiger partial charge in [-0.05, 0) is 31.5 Å². The van der Waals surface area contributed by atoms with Crippen molar-refractivity contribution >= 4 is 11.3 Å². The van der Waals surface area contributed by atoms with E-state index in [1.165, 1.54) is 34.5 Å². The molecule has 2 aromatic rings. The maximum Gasteiger partial charge on any atom is 0.123 e. The van der Waals surface area contributed by atoms with Crippen LogP contribution in [0.15, 0.2) is 24.3 Å². The summed E-state index contributed by atoms with van der Waals surface area (Å²) in [4.78, 5) is 8.96. The number of nitrogens with zero attached hydrogens (tertiary/aromatic N) is 2. The number of likely N-dealkylation sites (N-methyl/N-ethyl adjacent to an activating group) is 1. The number of thiazole rings is 1. The number of fused-ring (bicyclic) bond motifs is 4. The minimum absolute atomic E-state index is 0.590. The predicted octanol–water partition coefficient (Wildman–Crippen LogP) is 2.96. The van der Waals surface area contributed by atoms with E-state index in [1.54, 1.807) is 0 Å². The third-order valence-corrected chi connectivity index (χ3v) is 5.96. The molecule has 2 aliphatic heterocycles. The summed E-state index contributed by atoms with van der Waals surface area (Å²) in [5.41, 5.74) is 9.47. The summed E-state index contributed by atoms with van der Waals surface area (Å²) < 4.78 is 0. The normalized spacial score (nSPS) is 24.9. The highest BCUT2D eigenvalue weighted by molar-refractivity contribution is 7.15. The molecule has 0 saturated carbocycles. The minimum atomic E-state index is 0.590. The first-order chi connectivity index (χ1) is 9.76.